The molecule has 0 spiro atoms. The van der Waals surface area contributed by atoms with E-state index < -0.39 is 11.4 Å². The van der Waals surface area contributed by atoms with Crippen LogP contribution < -0.4 is 11.4 Å². The van der Waals surface area contributed by atoms with Gasteiger partial charge in [-0.2, -0.15) is 0 Å². The van der Waals surface area contributed by atoms with Crippen LogP contribution >= 0.6 is 15.9 Å². The Hall–Kier alpha value is -0.840. The first-order chi connectivity index (χ1) is 6.65. The summed E-state index contributed by atoms with van der Waals surface area (Å²) in [5.74, 6) is -0.584. The van der Waals surface area contributed by atoms with Gasteiger partial charge in [-0.25, -0.2) is 9.59 Å². The van der Waals surface area contributed by atoms with Crippen molar-refractivity contribution in [1.82, 2.24) is 4.57 Å². The van der Waals surface area contributed by atoms with E-state index in [9.17, 15) is 9.59 Å². The van der Waals surface area contributed by atoms with Crippen molar-refractivity contribution >= 4 is 15.9 Å². The molecule has 0 bridgehead atoms. The zero-order valence-corrected chi connectivity index (χ0v) is 9.49. The van der Waals surface area contributed by atoms with E-state index in [1.807, 2.05) is 6.92 Å². The second-order valence-corrected chi connectivity index (χ2v) is 3.88. The topological polar surface area (TPSA) is 52.2 Å². The molecule has 5 heteroatoms. The van der Waals surface area contributed by atoms with Crippen molar-refractivity contribution in [3.63, 3.8) is 0 Å². The van der Waals surface area contributed by atoms with Gasteiger partial charge in [-0.1, -0.05) is 15.9 Å². The van der Waals surface area contributed by atoms with Crippen LogP contribution in [0.2, 0.25) is 0 Å². The third-order valence-corrected chi connectivity index (χ3v) is 2.56. The highest BCUT2D eigenvalue weighted by Gasteiger charge is 2.06. The standard InChI is InChI=1S/C9H12BrNO3/c1-7(3-2-5-10)11-6-4-8(12)14-9(11)13/h4,6-7H,2-3,5H2,1H3. The Morgan fingerprint density at radius 1 is 1.57 bits per heavy atom. The molecule has 1 aromatic rings. The third kappa shape index (κ3) is 2.83. The molecule has 1 unspecified atom stereocenters. The monoisotopic (exact) mass is 261 g/mol. The van der Waals surface area contributed by atoms with Gasteiger partial charge in [-0.15, -0.1) is 0 Å². The smallest absolute Gasteiger partial charge is 0.373 e. The van der Waals surface area contributed by atoms with Crippen molar-refractivity contribution in [3.8, 4) is 0 Å². The van der Waals surface area contributed by atoms with Crippen molar-refractivity contribution < 1.29 is 4.42 Å². The van der Waals surface area contributed by atoms with E-state index >= 15 is 0 Å². The molecule has 0 aliphatic heterocycles. The van der Waals surface area contributed by atoms with E-state index in [-0.39, 0.29) is 6.04 Å². The molecule has 0 radical (unpaired) electrons. The van der Waals surface area contributed by atoms with Gasteiger partial charge in [0.1, 0.15) is 0 Å². The molecule has 0 N–H and O–H groups in total. The van der Waals surface area contributed by atoms with Crippen molar-refractivity contribution in [2.45, 2.75) is 25.8 Å². The Balaban J connectivity index is 2.85. The van der Waals surface area contributed by atoms with E-state index in [2.05, 4.69) is 20.3 Å². The first-order valence-corrected chi connectivity index (χ1v) is 5.55. The molecule has 1 aromatic heterocycles. The Morgan fingerprint density at radius 2 is 2.29 bits per heavy atom. The van der Waals surface area contributed by atoms with E-state index in [4.69, 9.17) is 0 Å². The van der Waals surface area contributed by atoms with Crippen LogP contribution in [0.1, 0.15) is 25.8 Å². The second kappa shape index (κ2) is 5.14. The number of aromatic nitrogens is 1. The molecule has 0 aromatic carbocycles. The predicted octanol–water partition coefficient (Wildman–Crippen LogP) is 1.54. The lowest BCUT2D eigenvalue weighted by Crippen LogP contribution is -2.25. The van der Waals surface area contributed by atoms with Crippen LogP contribution in [0.25, 0.3) is 0 Å². The number of hydrogen-bond acceptors (Lipinski definition) is 3. The number of nitrogens with zero attached hydrogens (tertiary/aromatic N) is 1. The maximum Gasteiger partial charge on any atom is 0.422 e. The summed E-state index contributed by atoms with van der Waals surface area (Å²) in [6, 6.07) is 1.32. The summed E-state index contributed by atoms with van der Waals surface area (Å²) in [4.78, 5) is 21.9. The summed E-state index contributed by atoms with van der Waals surface area (Å²) >= 11 is 3.32. The van der Waals surface area contributed by atoms with Crippen LogP contribution in [0.15, 0.2) is 26.3 Å². The lowest BCUT2D eigenvalue weighted by molar-refractivity contribution is 0.363. The minimum absolute atomic E-state index is 0.0596. The quantitative estimate of drug-likeness (QED) is 0.773. The zero-order chi connectivity index (χ0) is 10.6. The maximum atomic E-state index is 11.2. The van der Waals surface area contributed by atoms with E-state index in [1.165, 1.54) is 16.8 Å². The number of alkyl halides is 1. The average Bonchev–Trinajstić information content (AvgIpc) is 2.14. The predicted molar refractivity (Wildman–Crippen MR) is 57.0 cm³/mol. The van der Waals surface area contributed by atoms with Crippen LogP contribution in [-0.4, -0.2) is 9.90 Å². The van der Waals surface area contributed by atoms with Crippen LogP contribution in [0, 0.1) is 0 Å². The Labute approximate surface area is 89.7 Å². The molecule has 0 saturated heterocycles. The van der Waals surface area contributed by atoms with Gasteiger partial charge in [-0.3, -0.25) is 4.57 Å². The largest absolute Gasteiger partial charge is 0.422 e. The molecule has 4 nitrogen and oxygen atoms in total. The van der Waals surface area contributed by atoms with Crippen LogP contribution in [0.4, 0.5) is 0 Å². The Kier molecular flexibility index (Phi) is 4.13. The number of rotatable bonds is 4. The molecule has 0 aliphatic carbocycles. The summed E-state index contributed by atoms with van der Waals surface area (Å²) in [7, 11) is 0. The SMILES string of the molecule is CC(CCCBr)n1ccc(=O)oc1=O. The first-order valence-electron chi connectivity index (χ1n) is 4.43. The first kappa shape index (κ1) is 11.2. The minimum atomic E-state index is -0.598. The van der Waals surface area contributed by atoms with Gasteiger partial charge in [0.15, 0.2) is 0 Å². The molecule has 1 rings (SSSR count). The molecule has 1 atom stereocenters. The average molecular weight is 262 g/mol. The highest BCUT2D eigenvalue weighted by Crippen LogP contribution is 2.10. The molecule has 0 amide bonds. The van der Waals surface area contributed by atoms with Crippen molar-refractivity contribution in [1.29, 1.82) is 0 Å². The van der Waals surface area contributed by atoms with Crippen LogP contribution in [0.3, 0.4) is 0 Å². The summed E-state index contributed by atoms with van der Waals surface area (Å²) in [5.41, 5.74) is -0.598. The van der Waals surface area contributed by atoms with Crippen molar-refractivity contribution in [2.75, 3.05) is 5.33 Å². The molecular formula is C9H12BrNO3. The fourth-order valence-corrected chi connectivity index (χ4v) is 1.54. The van der Waals surface area contributed by atoms with Crippen LogP contribution in [0.5, 0.6) is 0 Å². The van der Waals surface area contributed by atoms with Crippen LogP contribution in [-0.2, 0) is 0 Å². The van der Waals surface area contributed by atoms with E-state index in [1.54, 1.807) is 0 Å². The molecule has 14 heavy (non-hydrogen) atoms. The molecular weight excluding hydrogens is 250 g/mol. The van der Waals surface area contributed by atoms with Gasteiger partial charge in [0.2, 0.25) is 0 Å². The lowest BCUT2D eigenvalue weighted by Gasteiger charge is -2.11. The number of halogens is 1. The second-order valence-electron chi connectivity index (χ2n) is 3.09. The van der Waals surface area contributed by atoms with Gasteiger partial charge in [0, 0.05) is 23.6 Å². The Morgan fingerprint density at radius 3 is 2.86 bits per heavy atom. The lowest BCUT2D eigenvalue weighted by atomic mass is 10.2. The van der Waals surface area contributed by atoms with Crippen molar-refractivity contribution in [3.05, 3.63) is 33.2 Å². The van der Waals surface area contributed by atoms with Gasteiger partial charge in [0.25, 0.3) is 0 Å². The fourth-order valence-electron chi connectivity index (χ4n) is 1.21. The molecule has 0 fully saturated rings. The zero-order valence-electron chi connectivity index (χ0n) is 7.90. The number of hydrogen-bond donors (Lipinski definition) is 0. The van der Waals surface area contributed by atoms with Crippen molar-refractivity contribution in [2.24, 2.45) is 0 Å². The summed E-state index contributed by atoms with van der Waals surface area (Å²) < 4.78 is 5.88. The van der Waals surface area contributed by atoms with Gasteiger partial charge in [-0.05, 0) is 19.8 Å². The van der Waals surface area contributed by atoms with Gasteiger partial charge >= 0.3 is 11.4 Å². The summed E-state index contributed by atoms with van der Waals surface area (Å²) in [6.07, 6.45) is 3.33. The molecule has 78 valence electrons. The molecule has 0 saturated carbocycles. The van der Waals surface area contributed by atoms with Gasteiger partial charge in [0.05, 0.1) is 0 Å². The Bertz CT molecular complexity index is 396. The molecule has 0 aliphatic rings. The van der Waals surface area contributed by atoms with E-state index in [0.717, 1.165) is 18.2 Å². The highest BCUT2D eigenvalue weighted by atomic mass is 79.9. The highest BCUT2D eigenvalue weighted by molar-refractivity contribution is 9.09. The van der Waals surface area contributed by atoms with Gasteiger partial charge < -0.3 is 4.42 Å². The third-order valence-electron chi connectivity index (χ3n) is 2.00. The maximum absolute atomic E-state index is 11.2. The fraction of sp³-hybridized carbons (Fsp3) is 0.556. The normalized spacial score (nSPS) is 12.7. The summed E-state index contributed by atoms with van der Waals surface area (Å²) in [6.45, 7) is 1.92. The van der Waals surface area contributed by atoms with E-state index in [0.29, 0.717) is 0 Å². The summed E-state index contributed by atoms with van der Waals surface area (Å²) in [5, 5.41) is 0.906. The molecule has 1 heterocycles. The minimum Gasteiger partial charge on any atom is -0.373 e.